The summed E-state index contributed by atoms with van der Waals surface area (Å²) in [6.45, 7) is 4.41. The van der Waals surface area contributed by atoms with Gasteiger partial charge in [0.25, 0.3) is 5.91 Å². The number of hydrogen-bond donors (Lipinski definition) is 1. The summed E-state index contributed by atoms with van der Waals surface area (Å²) in [4.78, 5) is 20.1. The van der Waals surface area contributed by atoms with Gasteiger partial charge in [0.05, 0.1) is 7.11 Å². The predicted octanol–water partition coefficient (Wildman–Crippen LogP) is 1.04. The zero-order chi connectivity index (χ0) is 18.8. The van der Waals surface area contributed by atoms with Gasteiger partial charge in [0.2, 0.25) is 12.5 Å². The van der Waals surface area contributed by atoms with Crippen molar-refractivity contribution in [3.05, 3.63) is 41.6 Å². The van der Waals surface area contributed by atoms with Crippen LogP contribution in [-0.2, 0) is 6.54 Å². The number of aromatic nitrogens is 1. The maximum Gasteiger partial charge on any atom is 0.268 e. The molecule has 4 rings (SSSR count). The Bertz CT molecular complexity index is 850. The molecule has 2 N–H and O–H groups in total. The number of pyridine rings is 1. The number of amides is 1. The van der Waals surface area contributed by atoms with E-state index in [2.05, 4.69) is 20.9 Å². The maximum atomic E-state index is 11.3. The number of piperazine rings is 1. The van der Waals surface area contributed by atoms with Crippen molar-refractivity contribution in [1.29, 1.82) is 0 Å². The molecule has 1 aromatic carbocycles. The minimum absolute atomic E-state index is 0.169. The van der Waals surface area contributed by atoms with Crippen molar-refractivity contribution in [3.8, 4) is 17.2 Å². The Hall–Kier alpha value is -3.00. The zero-order valence-electron chi connectivity index (χ0n) is 15.1. The topological polar surface area (TPSA) is 90.2 Å². The molecular formula is C19H21N4O4. The maximum absolute atomic E-state index is 11.3. The SMILES string of the molecule is COc1cc(CN2CCN(c3cc[c]c(C(N)=O)n3)CC2)cc2c1OCO2. The van der Waals surface area contributed by atoms with Crippen LogP contribution in [0, 0.1) is 6.07 Å². The van der Waals surface area contributed by atoms with E-state index in [1.807, 2.05) is 18.2 Å². The molecule has 3 heterocycles. The van der Waals surface area contributed by atoms with Crippen LogP contribution in [0.2, 0.25) is 0 Å². The minimum atomic E-state index is -0.563. The molecule has 0 spiro atoms. The number of carbonyl (C=O) groups excluding carboxylic acids is 1. The van der Waals surface area contributed by atoms with Crippen LogP contribution in [0.1, 0.15) is 16.1 Å². The lowest BCUT2D eigenvalue weighted by molar-refractivity contribution is 0.0995. The van der Waals surface area contributed by atoms with Crippen molar-refractivity contribution in [2.75, 3.05) is 45.0 Å². The first-order valence-corrected chi connectivity index (χ1v) is 8.76. The summed E-state index contributed by atoms with van der Waals surface area (Å²) >= 11 is 0. The number of nitrogens with zero attached hydrogens (tertiary/aromatic N) is 3. The van der Waals surface area contributed by atoms with E-state index in [1.54, 1.807) is 13.2 Å². The van der Waals surface area contributed by atoms with Crippen molar-refractivity contribution in [2.45, 2.75) is 6.54 Å². The fourth-order valence-corrected chi connectivity index (χ4v) is 3.35. The standard InChI is InChI=1S/C19H21N4O4/c1-25-15-9-13(10-16-18(15)27-12-26-16)11-22-5-7-23(8-6-22)17-4-2-3-14(21-17)19(20)24/h2,4,9-10H,5-8,11-12H2,1H3,(H2,20,24). The Morgan fingerprint density at radius 2 is 2.11 bits per heavy atom. The predicted molar refractivity (Wildman–Crippen MR) is 98.2 cm³/mol. The fourth-order valence-electron chi connectivity index (χ4n) is 3.35. The van der Waals surface area contributed by atoms with Crippen molar-refractivity contribution >= 4 is 11.7 Å². The van der Waals surface area contributed by atoms with E-state index in [1.165, 1.54) is 0 Å². The summed E-state index contributed by atoms with van der Waals surface area (Å²) in [7, 11) is 1.63. The monoisotopic (exact) mass is 369 g/mol. The van der Waals surface area contributed by atoms with E-state index in [4.69, 9.17) is 19.9 Å². The summed E-state index contributed by atoms with van der Waals surface area (Å²) in [5.41, 5.74) is 6.58. The molecular weight excluding hydrogens is 348 g/mol. The quantitative estimate of drug-likeness (QED) is 0.842. The molecule has 141 valence electrons. The molecule has 0 aliphatic carbocycles. The molecule has 2 aliphatic rings. The summed E-state index contributed by atoms with van der Waals surface area (Å²) in [5, 5.41) is 0. The second-order valence-corrected chi connectivity index (χ2v) is 6.46. The van der Waals surface area contributed by atoms with E-state index < -0.39 is 5.91 Å². The van der Waals surface area contributed by atoms with Crippen LogP contribution in [0.5, 0.6) is 17.2 Å². The Labute approximate surface area is 157 Å². The second kappa shape index (κ2) is 7.32. The van der Waals surface area contributed by atoms with Crippen LogP contribution in [-0.4, -0.2) is 55.9 Å². The summed E-state index contributed by atoms with van der Waals surface area (Å²) in [6, 6.07) is 10.3. The van der Waals surface area contributed by atoms with E-state index in [-0.39, 0.29) is 12.5 Å². The van der Waals surface area contributed by atoms with Crippen molar-refractivity contribution in [2.24, 2.45) is 5.73 Å². The van der Waals surface area contributed by atoms with Gasteiger partial charge in [-0.15, -0.1) is 0 Å². The molecule has 2 aromatic rings. The van der Waals surface area contributed by atoms with Crippen molar-refractivity contribution < 1.29 is 19.0 Å². The van der Waals surface area contributed by atoms with Gasteiger partial charge in [-0.1, -0.05) is 0 Å². The van der Waals surface area contributed by atoms with Crippen molar-refractivity contribution in [1.82, 2.24) is 9.88 Å². The molecule has 1 saturated heterocycles. The number of hydrogen-bond acceptors (Lipinski definition) is 7. The largest absolute Gasteiger partial charge is 0.493 e. The highest BCUT2D eigenvalue weighted by atomic mass is 16.7. The number of nitrogens with two attached hydrogens (primary N) is 1. The van der Waals surface area contributed by atoms with Crippen LogP contribution >= 0.6 is 0 Å². The van der Waals surface area contributed by atoms with Gasteiger partial charge >= 0.3 is 0 Å². The van der Waals surface area contributed by atoms with Crippen LogP contribution in [0.3, 0.4) is 0 Å². The second-order valence-electron chi connectivity index (χ2n) is 6.46. The molecule has 0 atom stereocenters. The Morgan fingerprint density at radius 3 is 2.85 bits per heavy atom. The number of rotatable bonds is 5. The van der Waals surface area contributed by atoms with E-state index >= 15 is 0 Å². The van der Waals surface area contributed by atoms with E-state index in [0.29, 0.717) is 11.5 Å². The molecule has 1 amide bonds. The van der Waals surface area contributed by atoms with E-state index in [0.717, 1.165) is 49.9 Å². The number of fused-ring (bicyclic) bond motifs is 1. The summed E-state index contributed by atoms with van der Waals surface area (Å²) < 4.78 is 16.4. The average molecular weight is 369 g/mol. The van der Waals surface area contributed by atoms with Gasteiger partial charge in [0.1, 0.15) is 11.5 Å². The Kier molecular flexibility index (Phi) is 4.72. The molecule has 0 unspecified atom stereocenters. The lowest BCUT2D eigenvalue weighted by atomic mass is 10.1. The van der Waals surface area contributed by atoms with Gasteiger partial charge < -0.3 is 24.8 Å². The van der Waals surface area contributed by atoms with Crippen LogP contribution < -0.4 is 24.8 Å². The van der Waals surface area contributed by atoms with Crippen LogP contribution in [0.4, 0.5) is 5.82 Å². The van der Waals surface area contributed by atoms with Gasteiger partial charge in [-0.05, 0) is 29.8 Å². The minimum Gasteiger partial charge on any atom is -0.493 e. The van der Waals surface area contributed by atoms with Crippen LogP contribution in [0.25, 0.3) is 0 Å². The lowest BCUT2D eigenvalue weighted by Crippen LogP contribution is -2.46. The first-order chi connectivity index (χ1) is 13.1. The lowest BCUT2D eigenvalue weighted by Gasteiger charge is -2.35. The van der Waals surface area contributed by atoms with E-state index in [9.17, 15) is 4.79 Å². The van der Waals surface area contributed by atoms with Gasteiger partial charge in [0, 0.05) is 38.8 Å². The van der Waals surface area contributed by atoms with Gasteiger partial charge in [-0.25, -0.2) is 4.98 Å². The number of benzene rings is 1. The molecule has 0 bridgehead atoms. The molecule has 8 heteroatoms. The summed E-state index contributed by atoms with van der Waals surface area (Å²) in [5.74, 6) is 2.29. The average Bonchev–Trinajstić information content (AvgIpc) is 3.16. The molecule has 27 heavy (non-hydrogen) atoms. The zero-order valence-corrected chi connectivity index (χ0v) is 15.1. The molecule has 0 saturated carbocycles. The van der Waals surface area contributed by atoms with Gasteiger partial charge in [-0.3, -0.25) is 9.69 Å². The third-order valence-electron chi connectivity index (χ3n) is 4.73. The van der Waals surface area contributed by atoms with Crippen LogP contribution in [0.15, 0.2) is 24.3 Å². The molecule has 1 aromatic heterocycles. The Balaban J connectivity index is 1.40. The highest BCUT2D eigenvalue weighted by molar-refractivity contribution is 5.90. The molecule has 8 nitrogen and oxygen atoms in total. The third-order valence-corrected chi connectivity index (χ3v) is 4.73. The molecule has 1 fully saturated rings. The third kappa shape index (κ3) is 3.61. The first kappa shape index (κ1) is 17.4. The number of ether oxygens (including phenoxy) is 3. The number of primary amides is 1. The molecule has 2 aliphatic heterocycles. The highest BCUT2D eigenvalue weighted by Crippen LogP contribution is 2.42. The first-order valence-electron chi connectivity index (χ1n) is 8.76. The smallest absolute Gasteiger partial charge is 0.268 e. The number of anilines is 1. The Morgan fingerprint density at radius 1 is 1.30 bits per heavy atom. The normalized spacial score (nSPS) is 16.4. The number of carbonyl (C=O) groups is 1. The number of methoxy groups -OCH3 is 1. The van der Waals surface area contributed by atoms with Gasteiger partial charge in [0.15, 0.2) is 11.5 Å². The highest BCUT2D eigenvalue weighted by Gasteiger charge is 2.23. The molecule has 1 radical (unpaired) electrons. The van der Waals surface area contributed by atoms with Gasteiger partial charge in [-0.2, -0.15) is 0 Å². The van der Waals surface area contributed by atoms with Crippen molar-refractivity contribution in [3.63, 3.8) is 0 Å². The fraction of sp³-hybridized carbons (Fsp3) is 0.368. The summed E-state index contributed by atoms with van der Waals surface area (Å²) in [6.07, 6.45) is 0.